The lowest BCUT2D eigenvalue weighted by molar-refractivity contribution is -0.649. The van der Waals surface area contributed by atoms with E-state index in [-0.39, 0.29) is 24.2 Å². The summed E-state index contributed by atoms with van der Waals surface area (Å²) in [5.74, 6) is -0.608. The van der Waals surface area contributed by atoms with Gasteiger partial charge in [0, 0.05) is 6.61 Å². The Balaban J connectivity index is 1.70. The zero-order chi connectivity index (χ0) is 12.8. The van der Waals surface area contributed by atoms with Gasteiger partial charge in [0.05, 0.1) is 5.69 Å². The van der Waals surface area contributed by atoms with Gasteiger partial charge in [0.25, 0.3) is 5.91 Å². The van der Waals surface area contributed by atoms with Crippen molar-refractivity contribution in [1.29, 1.82) is 0 Å². The van der Waals surface area contributed by atoms with Crippen molar-refractivity contribution in [3.63, 3.8) is 0 Å². The minimum Gasteiger partial charge on any atom is -0.372 e. The van der Waals surface area contributed by atoms with Gasteiger partial charge in [0.15, 0.2) is 6.54 Å². The van der Waals surface area contributed by atoms with Crippen LogP contribution in [-0.4, -0.2) is 31.7 Å². The fourth-order valence-electron chi connectivity index (χ4n) is 1.99. The number of carbonyl (C=O) groups is 1. The Kier molecular flexibility index (Phi) is 4.66. The minimum absolute atomic E-state index is 0.196. The Morgan fingerprint density at radius 2 is 2.33 bits per heavy atom. The number of nitrogens with one attached hydrogen (secondary N) is 1. The first kappa shape index (κ1) is 13.0. The normalized spacial score (nSPS) is 18.8. The molecule has 1 aromatic rings. The van der Waals surface area contributed by atoms with Gasteiger partial charge < -0.3 is 15.4 Å². The van der Waals surface area contributed by atoms with Crippen molar-refractivity contribution in [2.24, 2.45) is 0 Å². The molecule has 3 N–H and O–H groups in total. The molecule has 5 heteroatoms. The van der Waals surface area contributed by atoms with Crippen molar-refractivity contribution >= 4 is 11.6 Å². The minimum atomic E-state index is -0.412. The van der Waals surface area contributed by atoms with Gasteiger partial charge in [0.1, 0.15) is 18.5 Å². The van der Waals surface area contributed by atoms with E-state index in [0.717, 1.165) is 26.0 Å². The summed E-state index contributed by atoms with van der Waals surface area (Å²) in [6, 6.07) is 6.16. The molecule has 4 nitrogen and oxygen atoms in total. The quantitative estimate of drug-likeness (QED) is 0.803. The van der Waals surface area contributed by atoms with Crippen molar-refractivity contribution in [3.05, 3.63) is 30.1 Å². The predicted octanol–water partition coefficient (Wildman–Crippen LogP) is 0.507. The van der Waals surface area contributed by atoms with Gasteiger partial charge in [-0.3, -0.25) is 4.79 Å². The van der Waals surface area contributed by atoms with Gasteiger partial charge in [-0.1, -0.05) is 12.1 Å². The highest BCUT2D eigenvalue weighted by molar-refractivity contribution is 5.91. The number of hydrogen-bond acceptors (Lipinski definition) is 2. The second-order valence-electron chi connectivity index (χ2n) is 4.39. The molecule has 1 saturated heterocycles. The highest BCUT2D eigenvalue weighted by Gasteiger charge is 2.17. The number of rotatable bonds is 5. The topological polar surface area (TPSA) is 54.9 Å². The van der Waals surface area contributed by atoms with E-state index in [1.165, 1.54) is 6.07 Å². The molecule has 1 amide bonds. The number of ether oxygens (including phenoxy) is 1. The smallest absolute Gasteiger partial charge is 0.279 e. The van der Waals surface area contributed by atoms with Crippen LogP contribution in [0.4, 0.5) is 10.1 Å². The maximum absolute atomic E-state index is 13.3. The fraction of sp³-hybridized carbons (Fsp3) is 0.462. The molecular formula is C13H18FN2O2+. The molecule has 0 aliphatic carbocycles. The lowest BCUT2D eigenvalue weighted by Crippen LogP contribution is -2.88. The first-order valence-corrected chi connectivity index (χ1v) is 6.23. The molecule has 1 atom stereocenters. The number of carbonyl (C=O) groups excluding carboxylic acids is 1. The second kappa shape index (κ2) is 6.47. The van der Waals surface area contributed by atoms with Crippen molar-refractivity contribution < 1.29 is 19.2 Å². The number of amides is 1. The summed E-state index contributed by atoms with van der Waals surface area (Å²) < 4.78 is 18.7. The fourth-order valence-corrected chi connectivity index (χ4v) is 1.99. The number of nitrogens with two attached hydrogens (primary N) is 1. The zero-order valence-electron chi connectivity index (χ0n) is 10.2. The van der Waals surface area contributed by atoms with Crippen LogP contribution in [0.15, 0.2) is 24.3 Å². The van der Waals surface area contributed by atoms with E-state index in [1.54, 1.807) is 18.2 Å². The van der Waals surface area contributed by atoms with Crippen LogP contribution in [0.3, 0.4) is 0 Å². The highest BCUT2D eigenvalue weighted by atomic mass is 19.1. The lowest BCUT2D eigenvalue weighted by Gasteiger charge is -2.08. The van der Waals surface area contributed by atoms with Gasteiger partial charge in [-0.15, -0.1) is 0 Å². The molecule has 18 heavy (non-hydrogen) atoms. The third-order valence-corrected chi connectivity index (χ3v) is 2.93. The summed E-state index contributed by atoms with van der Waals surface area (Å²) in [6.45, 7) is 1.89. The molecule has 98 valence electrons. The Morgan fingerprint density at radius 1 is 1.50 bits per heavy atom. The van der Waals surface area contributed by atoms with E-state index < -0.39 is 5.82 Å². The number of benzene rings is 1. The molecule has 1 heterocycles. The number of para-hydroxylation sites is 1. The third kappa shape index (κ3) is 3.78. The van der Waals surface area contributed by atoms with Crippen molar-refractivity contribution in [2.45, 2.75) is 18.9 Å². The van der Waals surface area contributed by atoms with Crippen LogP contribution >= 0.6 is 0 Å². The number of anilines is 1. The van der Waals surface area contributed by atoms with Crippen LogP contribution in [0, 0.1) is 5.82 Å². The summed E-state index contributed by atoms with van der Waals surface area (Å²) in [7, 11) is 0. The number of hydrogen-bond donors (Lipinski definition) is 2. The van der Waals surface area contributed by atoms with Gasteiger partial charge in [0.2, 0.25) is 0 Å². The molecule has 1 aromatic carbocycles. The summed E-state index contributed by atoms with van der Waals surface area (Å²) in [5, 5.41) is 4.44. The molecule has 2 rings (SSSR count). The molecule has 1 aliphatic heterocycles. The van der Waals surface area contributed by atoms with Gasteiger partial charge >= 0.3 is 0 Å². The van der Waals surface area contributed by atoms with Crippen LogP contribution in [0.25, 0.3) is 0 Å². The molecule has 0 bridgehead atoms. The van der Waals surface area contributed by atoms with E-state index in [1.807, 2.05) is 5.32 Å². The molecule has 0 spiro atoms. The third-order valence-electron chi connectivity index (χ3n) is 2.93. The van der Waals surface area contributed by atoms with Crippen LogP contribution in [-0.2, 0) is 9.53 Å². The molecule has 1 fully saturated rings. The van der Waals surface area contributed by atoms with Crippen LogP contribution in [0.5, 0.6) is 0 Å². The molecule has 0 radical (unpaired) electrons. The maximum Gasteiger partial charge on any atom is 0.279 e. The SMILES string of the molecule is O=C(C[NH2+]C[C@@H]1CCCO1)Nc1ccccc1F. The summed E-state index contributed by atoms with van der Waals surface area (Å²) in [5.41, 5.74) is 0.230. The van der Waals surface area contributed by atoms with Crippen molar-refractivity contribution in [1.82, 2.24) is 0 Å². The van der Waals surface area contributed by atoms with Gasteiger partial charge in [-0.2, -0.15) is 0 Å². The van der Waals surface area contributed by atoms with E-state index in [0.29, 0.717) is 0 Å². The van der Waals surface area contributed by atoms with Crippen LogP contribution < -0.4 is 10.6 Å². The van der Waals surface area contributed by atoms with Gasteiger partial charge in [-0.25, -0.2) is 4.39 Å². The number of halogens is 1. The monoisotopic (exact) mass is 253 g/mol. The van der Waals surface area contributed by atoms with Crippen molar-refractivity contribution in [2.75, 3.05) is 25.0 Å². The molecule has 0 aromatic heterocycles. The average Bonchev–Trinajstić information content (AvgIpc) is 2.85. The highest BCUT2D eigenvalue weighted by Crippen LogP contribution is 2.11. The first-order valence-electron chi connectivity index (χ1n) is 6.23. The van der Waals surface area contributed by atoms with E-state index >= 15 is 0 Å². The predicted molar refractivity (Wildman–Crippen MR) is 65.7 cm³/mol. The van der Waals surface area contributed by atoms with Gasteiger partial charge in [-0.05, 0) is 25.0 Å². The Hall–Kier alpha value is -1.46. The molecule has 0 saturated carbocycles. The van der Waals surface area contributed by atoms with E-state index in [9.17, 15) is 9.18 Å². The molecular weight excluding hydrogens is 235 g/mol. The standard InChI is InChI=1S/C13H17FN2O2/c14-11-5-1-2-6-12(11)16-13(17)9-15-8-10-4-3-7-18-10/h1-2,5-6,10,15H,3-4,7-9H2,(H,16,17)/p+1/t10-/m0/s1. The Labute approximate surface area is 106 Å². The average molecular weight is 253 g/mol. The van der Waals surface area contributed by atoms with Crippen LogP contribution in [0.2, 0.25) is 0 Å². The summed E-state index contributed by atoms with van der Waals surface area (Å²) in [6.07, 6.45) is 2.41. The van der Waals surface area contributed by atoms with Crippen LogP contribution in [0.1, 0.15) is 12.8 Å². The van der Waals surface area contributed by atoms with Crippen molar-refractivity contribution in [3.8, 4) is 0 Å². The second-order valence-corrected chi connectivity index (χ2v) is 4.39. The maximum atomic E-state index is 13.3. The first-order chi connectivity index (χ1) is 8.75. The summed E-state index contributed by atoms with van der Waals surface area (Å²) >= 11 is 0. The molecule has 0 unspecified atom stereocenters. The largest absolute Gasteiger partial charge is 0.372 e. The van der Waals surface area contributed by atoms with E-state index in [4.69, 9.17) is 4.74 Å². The summed E-state index contributed by atoms with van der Waals surface area (Å²) in [4.78, 5) is 11.6. The Morgan fingerprint density at radius 3 is 3.06 bits per heavy atom. The number of quaternary nitrogens is 1. The Bertz CT molecular complexity index is 406. The molecule has 1 aliphatic rings. The zero-order valence-corrected chi connectivity index (χ0v) is 10.2. The van der Waals surface area contributed by atoms with E-state index in [2.05, 4.69) is 5.32 Å². The lowest BCUT2D eigenvalue weighted by atomic mass is 10.2.